The normalized spacial score (nSPS) is 24.0. The Morgan fingerprint density at radius 3 is 2.57 bits per heavy atom. The molecule has 23 heavy (non-hydrogen) atoms. The minimum atomic E-state index is -1.57. The zero-order chi connectivity index (χ0) is 17.1. The molecule has 128 valence electrons. The van der Waals surface area contributed by atoms with Gasteiger partial charge < -0.3 is 14.3 Å². The Labute approximate surface area is 139 Å². The number of ether oxygens (including phenoxy) is 1. The smallest absolute Gasteiger partial charge is 0.343 e. The molecule has 3 atom stereocenters. The van der Waals surface area contributed by atoms with Gasteiger partial charge >= 0.3 is 5.97 Å². The minimum Gasteiger partial charge on any atom is -0.454 e. The van der Waals surface area contributed by atoms with E-state index in [0.29, 0.717) is 5.56 Å². The number of quaternary nitrogens is 1. The molecule has 1 fully saturated rings. The van der Waals surface area contributed by atoms with Gasteiger partial charge in [0, 0.05) is 12.3 Å². The van der Waals surface area contributed by atoms with E-state index in [4.69, 9.17) is 4.74 Å². The standard InChI is InChI=1S/C19H30NO3/c1-5-9-15(2)19(22,16-10-7-6-8-11-16)18(21)23-17-12-13-20(3,4)14-17/h6-8,10-11,15,17,22H,5,9,12-14H2,1-4H3/q+1. The fourth-order valence-electron chi connectivity index (χ4n) is 3.50. The van der Waals surface area contributed by atoms with Crippen LogP contribution >= 0.6 is 0 Å². The molecule has 0 aliphatic carbocycles. The summed E-state index contributed by atoms with van der Waals surface area (Å²) in [5, 5.41) is 11.3. The van der Waals surface area contributed by atoms with Crippen LogP contribution in [-0.4, -0.2) is 48.8 Å². The summed E-state index contributed by atoms with van der Waals surface area (Å²) < 4.78 is 6.58. The molecule has 2 rings (SSSR count). The highest BCUT2D eigenvalue weighted by Gasteiger charge is 2.46. The van der Waals surface area contributed by atoms with E-state index in [9.17, 15) is 9.90 Å². The fraction of sp³-hybridized carbons (Fsp3) is 0.632. The molecule has 1 saturated heterocycles. The number of likely N-dealkylation sites (tertiary alicyclic amines) is 1. The van der Waals surface area contributed by atoms with Gasteiger partial charge in [0.15, 0.2) is 11.7 Å². The number of rotatable bonds is 6. The van der Waals surface area contributed by atoms with Gasteiger partial charge in [-0.05, 0) is 12.0 Å². The van der Waals surface area contributed by atoms with Crippen molar-refractivity contribution >= 4 is 5.97 Å². The summed E-state index contributed by atoms with van der Waals surface area (Å²) in [6.07, 6.45) is 2.43. The maximum absolute atomic E-state index is 12.9. The molecule has 0 aromatic heterocycles. The van der Waals surface area contributed by atoms with Gasteiger partial charge in [-0.25, -0.2) is 4.79 Å². The van der Waals surface area contributed by atoms with Gasteiger partial charge in [-0.3, -0.25) is 0 Å². The zero-order valence-electron chi connectivity index (χ0n) is 14.8. The molecule has 1 aromatic carbocycles. The first-order valence-corrected chi connectivity index (χ1v) is 8.60. The second-order valence-electron chi connectivity index (χ2n) is 7.48. The Bertz CT molecular complexity index is 529. The molecule has 1 heterocycles. The summed E-state index contributed by atoms with van der Waals surface area (Å²) in [5.74, 6) is -0.692. The summed E-state index contributed by atoms with van der Waals surface area (Å²) in [4.78, 5) is 12.9. The maximum Gasteiger partial charge on any atom is 0.343 e. The third-order valence-electron chi connectivity index (χ3n) is 4.99. The lowest BCUT2D eigenvalue weighted by Crippen LogP contribution is -2.45. The van der Waals surface area contributed by atoms with Gasteiger partial charge in [0.05, 0.1) is 20.6 Å². The predicted molar refractivity (Wildman–Crippen MR) is 90.8 cm³/mol. The molecule has 0 radical (unpaired) electrons. The summed E-state index contributed by atoms with van der Waals surface area (Å²) in [7, 11) is 4.27. The van der Waals surface area contributed by atoms with Crippen LogP contribution in [0.4, 0.5) is 0 Å². The first-order valence-electron chi connectivity index (χ1n) is 8.60. The molecule has 1 aliphatic rings. The number of hydrogen-bond donors (Lipinski definition) is 1. The molecule has 0 amide bonds. The lowest BCUT2D eigenvalue weighted by Gasteiger charge is -2.33. The molecule has 1 aliphatic heterocycles. The van der Waals surface area contributed by atoms with Crippen LogP contribution in [0, 0.1) is 5.92 Å². The summed E-state index contributed by atoms with van der Waals surface area (Å²) in [5.41, 5.74) is -0.950. The lowest BCUT2D eigenvalue weighted by atomic mass is 9.80. The summed E-state index contributed by atoms with van der Waals surface area (Å²) in [6.45, 7) is 5.78. The average molecular weight is 320 g/mol. The number of hydrogen-bond acceptors (Lipinski definition) is 3. The number of aliphatic hydroxyl groups is 1. The predicted octanol–water partition coefficient (Wildman–Crippen LogP) is 2.70. The zero-order valence-corrected chi connectivity index (χ0v) is 14.8. The van der Waals surface area contributed by atoms with Gasteiger partial charge in [0.1, 0.15) is 6.54 Å². The number of nitrogens with zero attached hydrogens (tertiary/aromatic N) is 1. The van der Waals surface area contributed by atoms with Crippen LogP contribution in [0.2, 0.25) is 0 Å². The van der Waals surface area contributed by atoms with Crippen LogP contribution in [-0.2, 0) is 15.1 Å². The second kappa shape index (κ2) is 7.02. The van der Waals surface area contributed by atoms with E-state index in [1.807, 2.05) is 37.3 Å². The quantitative estimate of drug-likeness (QED) is 0.647. The lowest BCUT2D eigenvalue weighted by molar-refractivity contribution is -0.879. The van der Waals surface area contributed by atoms with E-state index >= 15 is 0 Å². The van der Waals surface area contributed by atoms with Crippen molar-refractivity contribution < 1.29 is 19.1 Å². The Hall–Kier alpha value is -1.39. The van der Waals surface area contributed by atoms with Gasteiger partial charge in [0.2, 0.25) is 0 Å². The van der Waals surface area contributed by atoms with E-state index in [-0.39, 0.29) is 12.0 Å². The largest absolute Gasteiger partial charge is 0.454 e. The monoisotopic (exact) mass is 320 g/mol. The van der Waals surface area contributed by atoms with Crippen molar-refractivity contribution in [2.75, 3.05) is 27.2 Å². The van der Waals surface area contributed by atoms with Crippen LogP contribution in [0.5, 0.6) is 0 Å². The van der Waals surface area contributed by atoms with Crippen LogP contribution < -0.4 is 0 Å². The van der Waals surface area contributed by atoms with Crippen molar-refractivity contribution in [3.63, 3.8) is 0 Å². The summed E-state index contributed by atoms with van der Waals surface area (Å²) in [6, 6.07) is 9.20. The Morgan fingerprint density at radius 1 is 1.39 bits per heavy atom. The topological polar surface area (TPSA) is 46.5 Å². The van der Waals surface area contributed by atoms with Crippen LogP contribution in [0.1, 0.15) is 38.7 Å². The fourth-order valence-corrected chi connectivity index (χ4v) is 3.50. The highest BCUT2D eigenvalue weighted by molar-refractivity contribution is 5.81. The Kier molecular flexibility index (Phi) is 5.48. The Morgan fingerprint density at radius 2 is 2.04 bits per heavy atom. The Balaban J connectivity index is 2.22. The highest BCUT2D eigenvalue weighted by atomic mass is 16.6. The number of benzene rings is 1. The molecule has 4 heteroatoms. The molecule has 4 nitrogen and oxygen atoms in total. The molecular formula is C19H30NO3+. The van der Waals surface area contributed by atoms with Crippen molar-refractivity contribution in [2.24, 2.45) is 5.92 Å². The van der Waals surface area contributed by atoms with Crippen molar-refractivity contribution in [3.8, 4) is 0 Å². The third-order valence-corrected chi connectivity index (χ3v) is 4.99. The summed E-state index contributed by atoms with van der Waals surface area (Å²) >= 11 is 0. The number of carbonyl (C=O) groups excluding carboxylic acids is 1. The molecule has 1 N–H and O–H groups in total. The van der Waals surface area contributed by atoms with E-state index in [0.717, 1.165) is 36.8 Å². The van der Waals surface area contributed by atoms with Gasteiger partial charge in [0.25, 0.3) is 0 Å². The van der Waals surface area contributed by atoms with E-state index in [2.05, 4.69) is 21.0 Å². The van der Waals surface area contributed by atoms with Crippen LogP contribution in [0.25, 0.3) is 0 Å². The maximum atomic E-state index is 12.9. The van der Waals surface area contributed by atoms with Gasteiger partial charge in [-0.2, -0.15) is 0 Å². The van der Waals surface area contributed by atoms with Crippen LogP contribution in [0.15, 0.2) is 30.3 Å². The van der Waals surface area contributed by atoms with Crippen molar-refractivity contribution in [1.82, 2.24) is 0 Å². The van der Waals surface area contributed by atoms with Gasteiger partial charge in [-0.15, -0.1) is 0 Å². The van der Waals surface area contributed by atoms with Crippen LogP contribution in [0.3, 0.4) is 0 Å². The number of likely N-dealkylation sites (N-methyl/N-ethyl adjacent to an activating group) is 1. The molecule has 3 unspecified atom stereocenters. The first-order chi connectivity index (χ1) is 10.8. The van der Waals surface area contributed by atoms with E-state index < -0.39 is 11.6 Å². The van der Waals surface area contributed by atoms with Crippen molar-refractivity contribution in [3.05, 3.63) is 35.9 Å². The molecule has 1 aromatic rings. The van der Waals surface area contributed by atoms with Crippen molar-refractivity contribution in [2.45, 2.75) is 44.8 Å². The number of esters is 1. The highest BCUT2D eigenvalue weighted by Crippen LogP contribution is 2.35. The second-order valence-corrected chi connectivity index (χ2v) is 7.48. The molecule has 0 saturated carbocycles. The van der Waals surface area contributed by atoms with E-state index in [1.165, 1.54) is 0 Å². The van der Waals surface area contributed by atoms with E-state index in [1.54, 1.807) is 0 Å². The SMILES string of the molecule is CCCC(C)C(O)(C(=O)OC1CC[N+](C)(C)C1)c1ccccc1. The van der Waals surface area contributed by atoms with Crippen molar-refractivity contribution in [1.29, 1.82) is 0 Å². The first kappa shape index (κ1) is 18.0. The van der Waals surface area contributed by atoms with Gasteiger partial charge in [-0.1, -0.05) is 50.6 Å². The average Bonchev–Trinajstić information content (AvgIpc) is 2.86. The molecule has 0 bridgehead atoms. The minimum absolute atomic E-state index is 0.110. The number of carbonyl (C=O) groups is 1. The molecule has 0 spiro atoms. The molecular weight excluding hydrogens is 290 g/mol. The third kappa shape index (κ3) is 3.93.